The number of nitrogens with one attached hydrogen (secondary N) is 1. The van der Waals surface area contributed by atoms with Crippen LogP contribution >= 0.6 is 0 Å². The molecule has 0 amide bonds. The van der Waals surface area contributed by atoms with Gasteiger partial charge in [0.05, 0.1) is 22.3 Å². The minimum absolute atomic E-state index is 0.0751. The standard InChI is InChI=1S/C29H27N3O3/c1-17-7-9-23-24(29(35)32(26(23)14-17)21-12-18(2)11-19(3)13-21)16-30-25-6-4-5-22-20(8-10-27(33)34)15-31-28(22)25/h4-7,9,11-16,31,35H,8,10H2,1-3H3,(H,33,34). The first-order valence-corrected chi connectivity index (χ1v) is 11.6. The predicted octanol–water partition coefficient (Wildman–Crippen LogP) is 6.51. The van der Waals surface area contributed by atoms with Gasteiger partial charge in [0.25, 0.3) is 0 Å². The number of carboxylic acid groups (broad SMARTS) is 1. The molecule has 5 aromatic rings. The summed E-state index contributed by atoms with van der Waals surface area (Å²) in [5, 5.41) is 22.3. The van der Waals surface area contributed by atoms with Gasteiger partial charge < -0.3 is 15.2 Å². The molecule has 0 saturated carbocycles. The number of aliphatic carboxylic acids is 1. The molecule has 6 nitrogen and oxygen atoms in total. The van der Waals surface area contributed by atoms with E-state index in [1.54, 1.807) is 6.21 Å². The molecule has 0 spiro atoms. The van der Waals surface area contributed by atoms with Gasteiger partial charge in [0, 0.05) is 35.3 Å². The number of rotatable bonds is 6. The summed E-state index contributed by atoms with van der Waals surface area (Å²) in [4.78, 5) is 19.0. The van der Waals surface area contributed by atoms with E-state index in [9.17, 15) is 9.90 Å². The first-order valence-electron chi connectivity index (χ1n) is 11.6. The number of aromatic amines is 1. The van der Waals surface area contributed by atoms with Crippen molar-refractivity contribution in [2.75, 3.05) is 0 Å². The summed E-state index contributed by atoms with van der Waals surface area (Å²) in [5.41, 5.74) is 8.35. The Hall–Kier alpha value is -4.32. The largest absolute Gasteiger partial charge is 0.494 e. The van der Waals surface area contributed by atoms with Crippen molar-refractivity contribution in [1.82, 2.24) is 9.55 Å². The SMILES string of the molecule is Cc1cc(C)cc(-n2c(O)c(C=Nc3cccc4c(CCC(=O)O)c[nH]c34)c3ccc(C)cc32)c1. The highest BCUT2D eigenvalue weighted by Crippen LogP contribution is 2.35. The van der Waals surface area contributed by atoms with Gasteiger partial charge in [-0.1, -0.05) is 30.3 Å². The highest BCUT2D eigenvalue weighted by Gasteiger charge is 2.18. The van der Waals surface area contributed by atoms with Crippen LogP contribution in [-0.2, 0) is 11.2 Å². The Labute approximate surface area is 203 Å². The molecular formula is C29H27N3O3. The van der Waals surface area contributed by atoms with Crippen molar-refractivity contribution in [3.63, 3.8) is 0 Å². The van der Waals surface area contributed by atoms with Crippen LogP contribution in [0, 0.1) is 20.8 Å². The van der Waals surface area contributed by atoms with Crippen LogP contribution in [0.5, 0.6) is 5.88 Å². The van der Waals surface area contributed by atoms with Crippen LogP contribution < -0.4 is 0 Å². The summed E-state index contributed by atoms with van der Waals surface area (Å²) in [7, 11) is 0. The second-order valence-electron chi connectivity index (χ2n) is 9.10. The van der Waals surface area contributed by atoms with Gasteiger partial charge in [-0.05, 0) is 73.7 Å². The number of fused-ring (bicyclic) bond motifs is 2. The molecule has 0 saturated heterocycles. The van der Waals surface area contributed by atoms with Gasteiger partial charge in [0.15, 0.2) is 0 Å². The van der Waals surface area contributed by atoms with E-state index in [1.807, 2.05) is 48.0 Å². The Bertz CT molecular complexity index is 1600. The van der Waals surface area contributed by atoms with Crippen molar-refractivity contribution in [3.8, 4) is 11.6 Å². The lowest BCUT2D eigenvalue weighted by molar-refractivity contribution is -0.136. The number of aromatic hydroxyl groups is 1. The Morgan fingerprint density at radius 2 is 1.77 bits per heavy atom. The summed E-state index contributed by atoms with van der Waals surface area (Å²) in [5.74, 6) is -0.681. The van der Waals surface area contributed by atoms with E-state index in [0.29, 0.717) is 12.0 Å². The Morgan fingerprint density at radius 1 is 1.00 bits per heavy atom. The van der Waals surface area contributed by atoms with Gasteiger partial charge in [0.1, 0.15) is 0 Å². The van der Waals surface area contributed by atoms with Crippen LogP contribution in [0.15, 0.2) is 65.8 Å². The van der Waals surface area contributed by atoms with Crippen molar-refractivity contribution < 1.29 is 15.0 Å². The molecule has 0 atom stereocenters. The predicted molar refractivity (Wildman–Crippen MR) is 141 cm³/mol. The third kappa shape index (κ3) is 4.19. The second kappa shape index (κ2) is 8.80. The van der Waals surface area contributed by atoms with Gasteiger partial charge in [0.2, 0.25) is 5.88 Å². The highest BCUT2D eigenvalue weighted by atomic mass is 16.4. The van der Waals surface area contributed by atoms with E-state index < -0.39 is 5.97 Å². The molecule has 0 fully saturated rings. The van der Waals surface area contributed by atoms with Crippen molar-refractivity contribution in [3.05, 3.63) is 88.6 Å². The summed E-state index contributed by atoms with van der Waals surface area (Å²) >= 11 is 0. The van der Waals surface area contributed by atoms with E-state index in [0.717, 1.165) is 55.4 Å². The maximum Gasteiger partial charge on any atom is 0.303 e. The third-order valence-electron chi connectivity index (χ3n) is 6.32. The second-order valence-corrected chi connectivity index (χ2v) is 9.10. The molecule has 0 bridgehead atoms. The van der Waals surface area contributed by atoms with E-state index in [1.165, 1.54) is 0 Å². The first kappa shape index (κ1) is 22.5. The molecule has 3 N–H and O–H groups in total. The molecule has 3 aromatic carbocycles. The zero-order valence-electron chi connectivity index (χ0n) is 20.0. The number of aromatic nitrogens is 2. The summed E-state index contributed by atoms with van der Waals surface area (Å²) in [6.07, 6.45) is 4.08. The first-order chi connectivity index (χ1) is 16.8. The molecule has 35 heavy (non-hydrogen) atoms. The number of H-pyrrole nitrogens is 1. The van der Waals surface area contributed by atoms with Crippen LogP contribution in [-0.4, -0.2) is 31.9 Å². The maximum atomic E-state index is 11.4. The number of para-hydroxylation sites is 1. The molecule has 6 heteroatoms. The van der Waals surface area contributed by atoms with Gasteiger partial charge in [-0.15, -0.1) is 0 Å². The molecule has 0 unspecified atom stereocenters. The molecule has 0 aliphatic carbocycles. The Balaban J connectivity index is 1.62. The summed E-state index contributed by atoms with van der Waals surface area (Å²) in [6.45, 7) is 6.14. The fraction of sp³-hybridized carbons (Fsp3) is 0.172. The monoisotopic (exact) mass is 465 g/mol. The molecule has 176 valence electrons. The lowest BCUT2D eigenvalue weighted by Crippen LogP contribution is -1.96. The number of hydrogen-bond donors (Lipinski definition) is 3. The third-order valence-corrected chi connectivity index (χ3v) is 6.32. The zero-order chi connectivity index (χ0) is 24.7. The Kier molecular flexibility index (Phi) is 5.65. The lowest BCUT2D eigenvalue weighted by atomic mass is 10.1. The van der Waals surface area contributed by atoms with Gasteiger partial charge in [-0.25, -0.2) is 0 Å². The maximum absolute atomic E-state index is 11.4. The van der Waals surface area contributed by atoms with Gasteiger partial charge in [-0.3, -0.25) is 14.4 Å². The van der Waals surface area contributed by atoms with E-state index in [4.69, 9.17) is 10.1 Å². The molecule has 5 rings (SSSR count). The smallest absolute Gasteiger partial charge is 0.303 e. The number of aliphatic imine (C=N–C) groups is 1. The van der Waals surface area contributed by atoms with Crippen molar-refractivity contribution >= 4 is 39.7 Å². The molecule has 0 radical (unpaired) electrons. The summed E-state index contributed by atoms with van der Waals surface area (Å²) in [6, 6.07) is 18.1. The number of aryl methyl sites for hydroxylation is 4. The van der Waals surface area contributed by atoms with Crippen LogP contribution in [0.4, 0.5) is 5.69 Å². The molecule has 0 aliphatic rings. The molecule has 2 heterocycles. The van der Waals surface area contributed by atoms with Crippen molar-refractivity contribution in [2.24, 2.45) is 4.99 Å². The van der Waals surface area contributed by atoms with Crippen LogP contribution in [0.1, 0.15) is 34.2 Å². The fourth-order valence-electron chi connectivity index (χ4n) is 4.76. The summed E-state index contributed by atoms with van der Waals surface area (Å²) < 4.78 is 1.88. The lowest BCUT2D eigenvalue weighted by Gasteiger charge is -2.10. The minimum atomic E-state index is -0.820. The number of carbonyl (C=O) groups is 1. The number of hydrogen-bond acceptors (Lipinski definition) is 3. The van der Waals surface area contributed by atoms with E-state index in [2.05, 4.69) is 43.1 Å². The normalized spacial score (nSPS) is 11.7. The number of nitrogens with zero attached hydrogens (tertiary/aromatic N) is 2. The van der Waals surface area contributed by atoms with Crippen LogP contribution in [0.25, 0.3) is 27.5 Å². The quantitative estimate of drug-likeness (QED) is 0.250. The van der Waals surface area contributed by atoms with Crippen molar-refractivity contribution in [1.29, 1.82) is 0 Å². The van der Waals surface area contributed by atoms with Gasteiger partial charge in [-0.2, -0.15) is 0 Å². The van der Waals surface area contributed by atoms with Crippen LogP contribution in [0.2, 0.25) is 0 Å². The number of benzene rings is 3. The van der Waals surface area contributed by atoms with Gasteiger partial charge >= 0.3 is 5.97 Å². The van der Waals surface area contributed by atoms with E-state index in [-0.39, 0.29) is 12.3 Å². The molecular weight excluding hydrogens is 438 g/mol. The highest BCUT2D eigenvalue weighted by molar-refractivity contribution is 6.05. The average Bonchev–Trinajstić information content (AvgIpc) is 3.33. The number of carboxylic acids is 1. The topological polar surface area (TPSA) is 90.6 Å². The fourth-order valence-corrected chi connectivity index (χ4v) is 4.76. The average molecular weight is 466 g/mol. The minimum Gasteiger partial charge on any atom is -0.494 e. The zero-order valence-corrected chi connectivity index (χ0v) is 20.0. The van der Waals surface area contributed by atoms with E-state index >= 15 is 0 Å². The van der Waals surface area contributed by atoms with Crippen LogP contribution in [0.3, 0.4) is 0 Å². The molecule has 0 aliphatic heterocycles. The van der Waals surface area contributed by atoms with Crippen molar-refractivity contribution in [2.45, 2.75) is 33.6 Å². The Morgan fingerprint density at radius 3 is 2.51 bits per heavy atom. The molecule has 2 aromatic heterocycles.